The summed E-state index contributed by atoms with van der Waals surface area (Å²) in [5.41, 5.74) is 2.39. The normalized spacial score (nSPS) is 28.3. The van der Waals surface area contributed by atoms with Crippen molar-refractivity contribution in [3.05, 3.63) is 35.4 Å². The summed E-state index contributed by atoms with van der Waals surface area (Å²) < 4.78 is 0. The van der Waals surface area contributed by atoms with Crippen molar-refractivity contribution in [2.75, 3.05) is 0 Å². The fourth-order valence-corrected chi connectivity index (χ4v) is 3.60. The number of rotatable bonds is 4. The first-order chi connectivity index (χ1) is 9.82. The molecule has 2 N–H and O–H groups in total. The molecule has 0 radical (unpaired) electrons. The topological polar surface area (TPSA) is 49.3 Å². The van der Waals surface area contributed by atoms with E-state index in [0.29, 0.717) is 12.0 Å². The molecule has 0 saturated heterocycles. The van der Waals surface area contributed by atoms with E-state index in [2.05, 4.69) is 57.3 Å². The highest BCUT2D eigenvalue weighted by Crippen LogP contribution is 2.45. The zero-order valence-electron chi connectivity index (χ0n) is 13.5. The van der Waals surface area contributed by atoms with Gasteiger partial charge in [0.1, 0.15) is 0 Å². The van der Waals surface area contributed by atoms with Crippen molar-refractivity contribution in [1.82, 2.24) is 5.32 Å². The maximum Gasteiger partial charge on any atom is 0.307 e. The van der Waals surface area contributed by atoms with Crippen LogP contribution in [0.4, 0.5) is 0 Å². The highest BCUT2D eigenvalue weighted by Gasteiger charge is 2.45. The number of hydrogen-bond donors (Lipinski definition) is 2. The Kier molecular flexibility index (Phi) is 4.72. The van der Waals surface area contributed by atoms with E-state index >= 15 is 0 Å². The maximum absolute atomic E-state index is 11.4. The minimum atomic E-state index is -0.649. The van der Waals surface area contributed by atoms with Gasteiger partial charge < -0.3 is 10.4 Å². The Bertz CT molecular complexity index is 510. The first kappa shape index (κ1) is 16.0. The largest absolute Gasteiger partial charge is 0.481 e. The molecule has 1 fully saturated rings. The molecule has 1 aliphatic rings. The van der Waals surface area contributed by atoms with Crippen molar-refractivity contribution in [2.45, 2.75) is 53.1 Å². The number of carboxylic acids is 1. The molecule has 0 aliphatic heterocycles. The Morgan fingerprint density at radius 1 is 1.38 bits per heavy atom. The second kappa shape index (κ2) is 6.18. The molecule has 0 heterocycles. The second-order valence-electron chi connectivity index (χ2n) is 7.05. The zero-order valence-corrected chi connectivity index (χ0v) is 13.5. The summed E-state index contributed by atoms with van der Waals surface area (Å²) in [6.07, 6.45) is 1.70. The van der Waals surface area contributed by atoms with Crippen LogP contribution in [0.25, 0.3) is 0 Å². The number of benzene rings is 1. The number of aryl methyl sites for hydroxylation is 1. The van der Waals surface area contributed by atoms with Crippen molar-refractivity contribution in [2.24, 2.45) is 17.3 Å². The molecule has 3 heteroatoms. The summed E-state index contributed by atoms with van der Waals surface area (Å²) in [6, 6.07) is 8.91. The van der Waals surface area contributed by atoms with Crippen molar-refractivity contribution in [1.29, 1.82) is 0 Å². The van der Waals surface area contributed by atoms with Crippen molar-refractivity contribution < 1.29 is 9.90 Å². The standard InChI is InChI=1S/C18H27NO2/c1-12-6-5-7-14(10-12)11-19-16-9-8-15(17(20)21)18(3,4)13(16)2/h5-7,10,13,15-16,19H,8-9,11H2,1-4H3,(H,20,21). The maximum atomic E-state index is 11.4. The second-order valence-corrected chi connectivity index (χ2v) is 7.05. The summed E-state index contributed by atoms with van der Waals surface area (Å²) in [6.45, 7) is 9.33. The van der Waals surface area contributed by atoms with Gasteiger partial charge in [0.25, 0.3) is 0 Å². The van der Waals surface area contributed by atoms with Crippen molar-refractivity contribution in [3.8, 4) is 0 Å². The van der Waals surface area contributed by atoms with E-state index in [9.17, 15) is 9.90 Å². The van der Waals surface area contributed by atoms with Gasteiger partial charge in [-0.3, -0.25) is 4.79 Å². The third-order valence-corrected chi connectivity index (χ3v) is 5.39. The quantitative estimate of drug-likeness (QED) is 0.890. The Morgan fingerprint density at radius 2 is 2.10 bits per heavy atom. The van der Waals surface area contributed by atoms with Gasteiger partial charge >= 0.3 is 5.97 Å². The summed E-state index contributed by atoms with van der Waals surface area (Å²) >= 11 is 0. The number of aliphatic carboxylic acids is 1. The first-order valence-electron chi connectivity index (χ1n) is 7.84. The third-order valence-electron chi connectivity index (χ3n) is 5.39. The average Bonchev–Trinajstić information content (AvgIpc) is 2.40. The number of nitrogens with one attached hydrogen (secondary N) is 1. The minimum absolute atomic E-state index is 0.172. The van der Waals surface area contributed by atoms with E-state index in [1.54, 1.807) is 0 Å². The van der Waals surface area contributed by atoms with Crippen LogP contribution in [-0.4, -0.2) is 17.1 Å². The van der Waals surface area contributed by atoms with Crippen LogP contribution in [0.5, 0.6) is 0 Å². The molecular weight excluding hydrogens is 262 g/mol. The molecule has 1 aliphatic carbocycles. The molecule has 116 valence electrons. The smallest absolute Gasteiger partial charge is 0.307 e. The fraction of sp³-hybridized carbons (Fsp3) is 0.611. The van der Waals surface area contributed by atoms with Gasteiger partial charge in [-0.2, -0.15) is 0 Å². The van der Waals surface area contributed by atoms with Gasteiger partial charge in [0.05, 0.1) is 5.92 Å². The number of carbonyl (C=O) groups is 1. The van der Waals surface area contributed by atoms with Gasteiger partial charge in [-0.25, -0.2) is 0 Å². The van der Waals surface area contributed by atoms with E-state index in [0.717, 1.165) is 19.4 Å². The van der Waals surface area contributed by atoms with Gasteiger partial charge in [0.15, 0.2) is 0 Å². The Labute approximate surface area is 127 Å². The lowest BCUT2D eigenvalue weighted by molar-refractivity contribution is -0.150. The molecule has 3 unspecified atom stereocenters. The van der Waals surface area contributed by atoms with E-state index in [1.165, 1.54) is 11.1 Å². The molecule has 1 aromatic carbocycles. The number of hydrogen-bond acceptors (Lipinski definition) is 2. The minimum Gasteiger partial charge on any atom is -0.481 e. The van der Waals surface area contributed by atoms with Gasteiger partial charge in [0.2, 0.25) is 0 Å². The molecule has 1 saturated carbocycles. The number of carboxylic acid groups (broad SMARTS) is 1. The van der Waals surface area contributed by atoms with Crippen molar-refractivity contribution >= 4 is 5.97 Å². The fourth-order valence-electron chi connectivity index (χ4n) is 3.60. The van der Waals surface area contributed by atoms with Gasteiger partial charge in [0, 0.05) is 12.6 Å². The summed E-state index contributed by atoms with van der Waals surface area (Å²) in [7, 11) is 0. The van der Waals surface area contributed by atoms with Crippen LogP contribution < -0.4 is 5.32 Å². The predicted molar refractivity (Wildman–Crippen MR) is 85.1 cm³/mol. The molecule has 21 heavy (non-hydrogen) atoms. The Balaban J connectivity index is 2.01. The first-order valence-corrected chi connectivity index (χ1v) is 7.84. The van der Waals surface area contributed by atoms with Crippen LogP contribution in [0, 0.1) is 24.2 Å². The SMILES string of the molecule is Cc1cccc(CNC2CCC(C(=O)O)C(C)(C)C2C)c1. The molecule has 0 spiro atoms. The van der Waals surface area contributed by atoms with Crippen LogP contribution in [-0.2, 0) is 11.3 Å². The van der Waals surface area contributed by atoms with Crippen LogP contribution >= 0.6 is 0 Å². The van der Waals surface area contributed by atoms with Crippen molar-refractivity contribution in [3.63, 3.8) is 0 Å². The molecule has 3 nitrogen and oxygen atoms in total. The monoisotopic (exact) mass is 289 g/mol. The van der Waals surface area contributed by atoms with Gasteiger partial charge in [-0.15, -0.1) is 0 Å². The molecule has 0 amide bonds. The Hall–Kier alpha value is -1.35. The Morgan fingerprint density at radius 3 is 2.71 bits per heavy atom. The van der Waals surface area contributed by atoms with E-state index in [-0.39, 0.29) is 11.3 Å². The zero-order chi connectivity index (χ0) is 15.6. The van der Waals surface area contributed by atoms with Gasteiger partial charge in [-0.05, 0) is 36.7 Å². The molecule has 0 bridgehead atoms. The van der Waals surface area contributed by atoms with E-state index in [4.69, 9.17) is 0 Å². The lowest BCUT2D eigenvalue weighted by Gasteiger charge is -2.46. The van der Waals surface area contributed by atoms with E-state index in [1.807, 2.05) is 0 Å². The molecule has 0 aromatic heterocycles. The summed E-state index contributed by atoms with van der Waals surface area (Å²) in [4.78, 5) is 11.4. The predicted octanol–water partition coefficient (Wildman–Crippen LogP) is 3.61. The molecule has 2 rings (SSSR count). The van der Waals surface area contributed by atoms with Crippen LogP contribution in [0.15, 0.2) is 24.3 Å². The lowest BCUT2D eigenvalue weighted by atomic mass is 9.61. The average molecular weight is 289 g/mol. The lowest BCUT2D eigenvalue weighted by Crippen LogP contribution is -2.50. The van der Waals surface area contributed by atoms with Gasteiger partial charge in [-0.1, -0.05) is 50.6 Å². The van der Waals surface area contributed by atoms with E-state index < -0.39 is 5.97 Å². The van der Waals surface area contributed by atoms with Crippen LogP contribution in [0.2, 0.25) is 0 Å². The third kappa shape index (κ3) is 3.46. The highest BCUT2D eigenvalue weighted by atomic mass is 16.4. The molecule has 3 atom stereocenters. The summed E-state index contributed by atoms with van der Waals surface area (Å²) in [5.74, 6) is -0.536. The highest BCUT2D eigenvalue weighted by molar-refractivity contribution is 5.71. The van der Waals surface area contributed by atoms with Crippen LogP contribution in [0.1, 0.15) is 44.7 Å². The molecular formula is C18H27NO2. The summed E-state index contributed by atoms with van der Waals surface area (Å²) in [5, 5.41) is 13.0. The van der Waals surface area contributed by atoms with Crippen LogP contribution in [0.3, 0.4) is 0 Å². The molecule has 1 aromatic rings.